The van der Waals surface area contributed by atoms with Gasteiger partial charge in [0.2, 0.25) is 5.91 Å². The third-order valence-electron chi connectivity index (χ3n) is 5.23. The summed E-state index contributed by atoms with van der Waals surface area (Å²) in [5.41, 5.74) is 4.80. The number of benzene rings is 2. The molecule has 0 fully saturated rings. The van der Waals surface area contributed by atoms with Gasteiger partial charge in [0.1, 0.15) is 5.82 Å². The summed E-state index contributed by atoms with van der Waals surface area (Å²) in [6, 6.07) is 14.6. The van der Waals surface area contributed by atoms with E-state index < -0.39 is 0 Å². The van der Waals surface area contributed by atoms with Gasteiger partial charge in [-0.3, -0.25) is 9.20 Å². The van der Waals surface area contributed by atoms with Crippen molar-refractivity contribution >= 4 is 27.9 Å². The molecule has 0 saturated carbocycles. The number of fused-ring (bicyclic) bond motifs is 2. The number of rotatable bonds is 3. The molecule has 4 aromatic rings. The first kappa shape index (κ1) is 17.1. The van der Waals surface area contributed by atoms with Crippen molar-refractivity contribution < 1.29 is 9.18 Å². The molecule has 140 valence electrons. The lowest BCUT2D eigenvalue weighted by Crippen LogP contribution is -2.37. The predicted octanol–water partition coefficient (Wildman–Crippen LogP) is 4.72. The molecule has 28 heavy (non-hydrogen) atoms. The largest absolute Gasteiger partial charge is 0.309 e. The number of halogens is 1. The van der Waals surface area contributed by atoms with Crippen molar-refractivity contribution in [1.82, 2.24) is 9.38 Å². The fourth-order valence-electron chi connectivity index (χ4n) is 3.90. The molecule has 0 radical (unpaired) electrons. The lowest BCUT2D eigenvalue weighted by Gasteiger charge is -2.22. The van der Waals surface area contributed by atoms with Gasteiger partial charge in [-0.2, -0.15) is 0 Å². The number of anilines is 1. The van der Waals surface area contributed by atoms with E-state index in [1.165, 1.54) is 29.0 Å². The van der Waals surface area contributed by atoms with E-state index in [4.69, 9.17) is 0 Å². The molecular formula is C22H18FN3OS. The summed E-state index contributed by atoms with van der Waals surface area (Å²) in [7, 11) is 0. The molecule has 1 aliphatic heterocycles. The molecule has 2 aromatic heterocycles. The van der Waals surface area contributed by atoms with Gasteiger partial charge in [0.05, 0.1) is 12.1 Å². The summed E-state index contributed by atoms with van der Waals surface area (Å²) in [6.45, 7) is 2.09. The molecule has 1 amide bonds. The summed E-state index contributed by atoms with van der Waals surface area (Å²) in [6.07, 6.45) is 3.13. The van der Waals surface area contributed by atoms with Crippen LogP contribution in [0.4, 0.5) is 10.1 Å². The zero-order chi connectivity index (χ0) is 19.3. The maximum atomic E-state index is 13.2. The Morgan fingerprint density at radius 3 is 2.82 bits per heavy atom. The van der Waals surface area contributed by atoms with E-state index in [1.54, 1.807) is 12.1 Å². The van der Waals surface area contributed by atoms with Crippen LogP contribution in [-0.4, -0.2) is 21.3 Å². The summed E-state index contributed by atoms with van der Waals surface area (Å²) in [5, 5.41) is 1.99. The van der Waals surface area contributed by atoms with E-state index in [1.807, 2.05) is 39.1 Å². The number of hydrogen-bond donors (Lipinski definition) is 0. The van der Waals surface area contributed by atoms with Gasteiger partial charge in [0.25, 0.3) is 0 Å². The van der Waals surface area contributed by atoms with Crippen molar-refractivity contribution in [3.63, 3.8) is 0 Å². The molecule has 6 heteroatoms. The Hall–Kier alpha value is -2.99. The van der Waals surface area contributed by atoms with Crippen molar-refractivity contribution in [1.29, 1.82) is 0 Å². The highest BCUT2D eigenvalue weighted by atomic mass is 32.1. The molecule has 0 saturated heterocycles. The zero-order valence-electron chi connectivity index (χ0n) is 15.3. The Bertz CT molecular complexity index is 1180. The topological polar surface area (TPSA) is 37.6 Å². The van der Waals surface area contributed by atoms with Crippen LogP contribution in [0.15, 0.2) is 60.1 Å². The molecule has 4 nitrogen and oxygen atoms in total. The number of hydrogen-bond acceptors (Lipinski definition) is 3. The highest BCUT2D eigenvalue weighted by molar-refractivity contribution is 7.15. The Morgan fingerprint density at radius 1 is 1.21 bits per heavy atom. The van der Waals surface area contributed by atoms with Crippen molar-refractivity contribution in [2.45, 2.75) is 25.8 Å². The minimum Gasteiger partial charge on any atom is -0.309 e. The first-order chi connectivity index (χ1) is 13.6. The van der Waals surface area contributed by atoms with Crippen LogP contribution in [0.2, 0.25) is 0 Å². The van der Waals surface area contributed by atoms with Gasteiger partial charge in [-0.25, -0.2) is 9.37 Å². The average molecular weight is 391 g/mol. The average Bonchev–Trinajstić information content (AvgIpc) is 3.35. The van der Waals surface area contributed by atoms with Crippen LogP contribution in [0.5, 0.6) is 0 Å². The van der Waals surface area contributed by atoms with Crippen molar-refractivity contribution in [3.05, 3.63) is 77.2 Å². The lowest BCUT2D eigenvalue weighted by atomic mass is 10.1. The van der Waals surface area contributed by atoms with Crippen LogP contribution >= 0.6 is 11.3 Å². The third kappa shape index (κ3) is 2.81. The molecule has 0 bridgehead atoms. The van der Waals surface area contributed by atoms with Crippen LogP contribution in [0.1, 0.15) is 18.2 Å². The Labute approximate surface area is 165 Å². The zero-order valence-corrected chi connectivity index (χ0v) is 16.1. The monoisotopic (exact) mass is 391 g/mol. The second kappa shape index (κ2) is 6.56. The number of para-hydroxylation sites is 1. The molecule has 0 N–H and O–H groups in total. The first-order valence-electron chi connectivity index (χ1n) is 9.21. The van der Waals surface area contributed by atoms with Gasteiger partial charge in [-0.05, 0) is 49.2 Å². The first-order valence-corrected chi connectivity index (χ1v) is 10.1. The van der Waals surface area contributed by atoms with E-state index in [0.29, 0.717) is 6.42 Å². The quantitative estimate of drug-likeness (QED) is 0.507. The number of amides is 1. The Morgan fingerprint density at radius 2 is 2.00 bits per heavy atom. The van der Waals surface area contributed by atoms with E-state index in [-0.39, 0.29) is 17.8 Å². The summed E-state index contributed by atoms with van der Waals surface area (Å²) < 4.78 is 15.1. The minimum absolute atomic E-state index is 0.0918. The highest BCUT2D eigenvalue weighted by Gasteiger charge is 2.30. The molecular weight excluding hydrogens is 373 g/mol. The maximum Gasteiger partial charge on any atom is 0.233 e. The Kier molecular flexibility index (Phi) is 4.02. The lowest BCUT2D eigenvalue weighted by molar-refractivity contribution is -0.118. The van der Waals surface area contributed by atoms with Gasteiger partial charge >= 0.3 is 0 Å². The molecule has 0 aliphatic carbocycles. The number of aromatic nitrogens is 2. The molecule has 3 heterocycles. The number of carbonyl (C=O) groups excluding carboxylic acids is 1. The van der Waals surface area contributed by atoms with Crippen LogP contribution < -0.4 is 4.90 Å². The fourth-order valence-corrected chi connectivity index (χ4v) is 4.77. The Balaban J connectivity index is 1.44. The normalized spacial score (nSPS) is 15.9. The molecule has 1 aliphatic rings. The van der Waals surface area contributed by atoms with E-state index >= 15 is 0 Å². The number of imidazole rings is 1. The second-order valence-corrected chi connectivity index (χ2v) is 7.97. The van der Waals surface area contributed by atoms with Gasteiger partial charge in [-0.15, -0.1) is 11.3 Å². The van der Waals surface area contributed by atoms with Crippen LogP contribution in [0.25, 0.3) is 16.2 Å². The number of thiazole rings is 1. The molecule has 5 rings (SSSR count). The van der Waals surface area contributed by atoms with Gasteiger partial charge < -0.3 is 4.90 Å². The van der Waals surface area contributed by atoms with Crippen LogP contribution in [0, 0.1) is 5.82 Å². The standard InChI is InChI=1S/C22H18FN3OS/c1-14-10-16-4-2-3-5-20(16)26(14)21(27)11-18-13-28-22-24-19(12-25(18)22)15-6-8-17(23)9-7-15/h2-9,12-14H,10-11H2,1H3/t14-/m0/s1. The van der Waals surface area contributed by atoms with Gasteiger partial charge in [0.15, 0.2) is 4.96 Å². The van der Waals surface area contributed by atoms with Crippen molar-refractivity contribution in [3.8, 4) is 11.3 Å². The SMILES string of the molecule is C[C@H]1Cc2ccccc2N1C(=O)Cc1csc2nc(-c3ccc(F)cc3)cn12. The van der Waals surface area contributed by atoms with Gasteiger partial charge in [-0.1, -0.05) is 18.2 Å². The number of nitrogens with zero attached hydrogens (tertiary/aromatic N) is 3. The highest BCUT2D eigenvalue weighted by Crippen LogP contribution is 2.33. The molecule has 0 unspecified atom stereocenters. The van der Waals surface area contributed by atoms with E-state index in [9.17, 15) is 9.18 Å². The van der Waals surface area contributed by atoms with Crippen LogP contribution in [-0.2, 0) is 17.6 Å². The molecule has 1 atom stereocenters. The fraction of sp³-hybridized carbons (Fsp3) is 0.182. The number of carbonyl (C=O) groups is 1. The summed E-state index contributed by atoms with van der Waals surface area (Å²) in [4.78, 5) is 20.5. The summed E-state index contributed by atoms with van der Waals surface area (Å²) >= 11 is 1.51. The van der Waals surface area contributed by atoms with E-state index in [0.717, 1.165) is 34.0 Å². The molecule has 2 aromatic carbocycles. The third-order valence-corrected chi connectivity index (χ3v) is 6.12. The van der Waals surface area contributed by atoms with Gasteiger partial charge in [0, 0.05) is 34.6 Å². The predicted molar refractivity (Wildman–Crippen MR) is 109 cm³/mol. The van der Waals surface area contributed by atoms with Crippen molar-refractivity contribution in [2.24, 2.45) is 0 Å². The minimum atomic E-state index is -0.268. The smallest absolute Gasteiger partial charge is 0.233 e. The van der Waals surface area contributed by atoms with Crippen LogP contribution in [0.3, 0.4) is 0 Å². The molecule has 0 spiro atoms. The summed E-state index contributed by atoms with van der Waals surface area (Å²) in [5.74, 6) is -0.176. The second-order valence-electron chi connectivity index (χ2n) is 7.14. The van der Waals surface area contributed by atoms with E-state index in [2.05, 4.69) is 18.0 Å². The maximum absolute atomic E-state index is 13.2. The van der Waals surface area contributed by atoms with Crippen molar-refractivity contribution in [2.75, 3.05) is 4.90 Å².